The molecule has 3 rings (SSSR count). The van der Waals surface area contributed by atoms with Crippen LogP contribution in [0, 0.1) is 0 Å². The fraction of sp³-hybridized carbons (Fsp3) is 0.421. The molecule has 0 fully saturated rings. The van der Waals surface area contributed by atoms with E-state index in [1.165, 1.54) is 11.1 Å². The first-order valence-electron chi connectivity index (χ1n) is 8.86. The van der Waals surface area contributed by atoms with E-state index in [4.69, 9.17) is 4.99 Å². The minimum absolute atomic E-state index is 0.328. The molecule has 4 N–H and O–H groups in total. The molecule has 24 heavy (non-hydrogen) atoms. The van der Waals surface area contributed by atoms with Gasteiger partial charge < -0.3 is 15.6 Å². The normalized spacial score (nSPS) is 20.5. The number of allylic oxidation sites excluding steroid dienone is 1. The van der Waals surface area contributed by atoms with Gasteiger partial charge in [0.15, 0.2) is 0 Å². The first kappa shape index (κ1) is 16.6. The maximum absolute atomic E-state index is 4.92. The van der Waals surface area contributed by atoms with Crippen molar-refractivity contribution in [3.8, 4) is 0 Å². The second-order valence-corrected chi connectivity index (χ2v) is 6.22. The van der Waals surface area contributed by atoms with E-state index < -0.39 is 0 Å². The molecule has 1 aromatic carbocycles. The Hall–Kier alpha value is -2.27. The maximum atomic E-state index is 4.92. The Morgan fingerprint density at radius 2 is 2.04 bits per heavy atom. The molecule has 2 aromatic rings. The number of nitrogens with one attached hydrogen (secondary N) is 4. The zero-order valence-corrected chi connectivity index (χ0v) is 14.7. The molecule has 0 saturated carbocycles. The van der Waals surface area contributed by atoms with Crippen LogP contribution in [0.1, 0.15) is 40.0 Å². The Balaban J connectivity index is 1.87. The van der Waals surface area contributed by atoms with E-state index in [0.717, 1.165) is 43.0 Å². The third-order valence-electron chi connectivity index (χ3n) is 4.36. The fourth-order valence-corrected chi connectivity index (χ4v) is 3.17. The van der Waals surface area contributed by atoms with E-state index in [9.17, 15) is 0 Å². The van der Waals surface area contributed by atoms with Gasteiger partial charge in [-0.1, -0.05) is 27.2 Å². The molecule has 0 amide bonds. The SMILES string of the molecule is CCCC1=CC(CC)(NCC)N=C(Nc2ccc3[nH]ccc3c2)N1. The summed E-state index contributed by atoms with van der Waals surface area (Å²) in [5.74, 6) is 0.804. The Kier molecular flexibility index (Phi) is 4.90. The van der Waals surface area contributed by atoms with Crippen LogP contribution in [0.2, 0.25) is 0 Å². The van der Waals surface area contributed by atoms with Gasteiger partial charge >= 0.3 is 0 Å². The number of likely N-dealkylation sites (N-methyl/N-ethyl adjacent to an activating group) is 1. The summed E-state index contributed by atoms with van der Waals surface area (Å²) in [7, 11) is 0. The van der Waals surface area contributed by atoms with Crippen molar-refractivity contribution in [3.63, 3.8) is 0 Å². The molecule has 1 aliphatic rings. The van der Waals surface area contributed by atoms with Crippen LogP contribution in [0.25, 0.3) is 10.9 Å². The van der Waals surface area contributed by atoms with Crippen LogP contribution in [0.5, 0.6) is 0 Å². The minimum Gasteiger partial charge on any atom is -0.361 e. The summed E-state index contributed by atoms with van der Waals surface area (Å²) < 4.78 is 0. The quantitative estimate of drug-likeness (QED) is 0.650. The first-order chi connectivity index (χ1) is 11.7. The Morgan fingerprint density at radius 3 is 2.79 bits per heavy atom. The zero-order valence-electron chi connectivity index (χ0n) is 14.7. The van der Waals surface area contributed by atoms with Gasteiger partial charge in [-0.2, -0.15) is 0 Å². The molecule has 1 aromatic heterocycles. The average molecular weight is 325 g/mol. The predicted molar refractivity (Wildman–Crippen MR) is 102 cm³/mol. The standard InChI is InChI=1S/C19H27N5/c1-4-7-16-13-19(5-2,21-6-3)24-18(23-16)22-15-8-9-17-14(12-15)10-11-20-17/h8-13,20-21H,4-7H2,1-3H3,(H2,22,23,24). The number of guanidine groups is 1. The highest BCUT2D eigenvalue weighted by Gasteiger charge is 2.28. The number of benzene rings is 1. The lowest BCUT2D eigenvalue weighted by molar-refractivity contribution is 0.405. The molecular formula is C19H27N5. The van der Waals surface area contributed by atoms with E-state index in [0.29, 0.717) is 0 Å². The van der Waals surface area contributed by atoms with Crippen molar-refractivity contribution >= 4 is 22.5 Å². The largest absolute Gasteiger partial charge is 0.361 e. The molecular weight excluding hydrogens is 298 g/mol. The average Bonchev–Trinajstić information content (AvgIpc) is 3.03. The lowest BCUT2D eigenvalue weighted by Crippen LogP contribution is -2.48. The van der Waals surface area contributed by atoms with Gasteiger partial charge in [0.2, 0.25) is 5.96 Å². The highest BCUT2D eigenvalue weighted by atomic mass is 15.3. The van der Waals surface area contributed by atoms with Crippen LogP contribution in [0.15, 0.2) is 47.2 Å². The van der Waals surface area contributed by atoms with Gasteiger partial charge in [0.25, 0.3) is 0 Å². The van der Waals surface area contributed by atoms with E-state index in [-0.39, 0.29) is 5.66 Å². The number of fused-ring (bicyclic) bond motifs is 1. The lowest BCUT2D eigenvalue weighted by atomic mass is 10.0. The number of aromatic nitrogens is 1. The molecule has 5 nitrogen and oxygen atoms in total. The number of aliphatic imine (C=N–C) groups is 1. The molecule has 1 unspecified atom stereocenters. The number of hydrogen-bond acceptors (Lipinski definition) is 4. The molecule has 0 bridgehead atoms. The lowest BCUT2D eigenvalue weighted by Gasteiger charge is -2.33. The van der Waals surface area contributed by atoms with E-state index >= 15 is 0 Å². The topological polar surface area (TPSA) is 64.2 Å². The van der Waals surface area contributed by atoms with E-state index in [2.05, 4.69) is 72.0 Å². The molecule has 128 valence electrons. The van der Waals surface area contributed by atoms with Gasteiger partial charge in [-0.3, -0.25) is 5.32 Å². The van der Waals surface area contributed by atoms with Crippen molar-refractivity contribution in [2.45, 2.75) is 45.7 Å². The number of hydrogen-bond donors (Lipinski definition) is 4. The fourth-order valence-electron chi connectivity index (χ4n) is 3.17. The van der Waals surface area contributed by atoms with Gasteiger partial charge in [-0.25, -0.2) is 4.99 Å². The third-order valence-corrected chi connectivity index (χ3v) is 4.36. The van der Waals surface area contributed by atoms with Gasteiger partial charge in [-0.05, 0) is 49.7 Å². The van der Waals surface area contributed by atoms with Crippen LogP contribution < -0.4 is 16.0 Å². The smallest absolute Gasteiger partial charge is 0.202 e. The summed E-state index contributed by atoms with van der Waals surface area (Å²) in [6.45, 7) is 7.37. The van der Waals surface area contributed by atoms with Gasteiger partial charge in [-0.15, -0.1) is 0 Å². The summed E-state index contributed by atoms with van der Waals surface area (Å²) in [5, 5.41) is 11.6. The molecule has 0 aliphatic carbocycles. The van der Waals surface area contributed by atoms with Crippen molar-refractivity contribution in [2.24, 2.45) is 4.99 Å². The monoisotopic (exact) mass is 325 g/mol. The maximum Gasteiger partial charge on any atom is 0.202 e. The Bertz CT molecular complexity index is 758. The third kappa shape index (κ3) is 3.46. The van der Waals surface area contributed by atoms with Crippen molar-refractivity contribution in [3.05, 3.63) is 42.2 Å². The highest BCUT2D eigenvalue weighted by Crippen LogP contribution is 2.23. The number of aromatic amines is 1. The summed E-state index contributed by atoms with van der Waals surface area (Å²) >= 11 is 0. The van der Waals surface area contributed by atoms with Crippen molar-refractivity contribution in [2.75, 3.05) is 11.9 Å². The van der Waals surface area contributed by atoms with Gasteiger partial charge in [0.05, 0.1) is 0 Å². The highest BCUT2D eigenvalue weighted by molar-refractivity contribution is 5.97. The molecule has 2 heterocycles. The van der Waals surface area contributed by atoms with Crippen LogP contribution in [0.3, 0.4) is 0 Å². The zero-order chi connectivity index (χ0) is 17.0. The van der Waals surface area contributed by atoms with Crippen LogP contribution in [-0.2, 0) is 0 Å². The number of anilines is 1. The van der Waals surface area contributed by atoms with Crippen LogP contribution in [0.4, 0.5) is 5.69 Å². The van der Waals surface area contributed by atoms with Crippen molar-refractivity contribution < 1.29 is 0 Å². The second-order valence-electron chi connectivity index (χ2n) is 6.22. The summed E-state index contributed by atoms with van der Waals surface area (Å²) in [6.07, 6.45) is 7.23. The second kappa shape index (κ2) is 7.09. The minimum atomic E-state index is -0.328. The van der Waals surface area contributed by atoms with Crippen LogP contribution >= 0.6 is 0 Å². The van der Waals surface area contributed by atoms with Crippen molar-refractivity contribution in [1.29, 1.82) is 0 Å². The number of nitrogens with zero attached hydrogens (tertiary/aromatic N) is 1. The molecule has 1 atom stereocenters. The number of rotatable bonds is 6. The van der Waals surface area contributed by atoms with Gasteiger partial charge in [0.1, 0.15) is 5.66 Å². The molecule has 0 spiro atoms. The summed E-state index contributed by atoms with van der Waals surface area (Å²) in [5.41, 5.74) is 3.07. The van der Waals surface area contributed by atoms with Crippen molar-refractivity contribution in [1.82, 2.24) is 15.6 Å². The molecule has 5 heteroatoms. The summed E-state index contributed by atoms with van der Waals surface area (Å²) in [6, 6.07) is 8.37. The van der Waals surface area contributed by atoms with E-state index in [1.54, 1.807) is 0 Å². The summed E-state index contributed by atoms with van der Waals surface area (Å²) in [4.78, 5) is 8.14. The molecule has 0 saturated heterocycles. The Morgan fingerprint density at radius 1 is 1.17 bits per heavy atom. The predicted octanol–water partition coefficient (Wildman–Crippen LogP) is 3.94. The van der Waals surface area contributed by atoms with Gasteiger partial charge in [0, 0.05) is 28.5 Å². The number of H-pyrrole nitrogens is 1. The Labute approximate surface area is 143 Å². The molecule has 0 radical (unpaired) electrons. The van der Waals surface area contributed by atoms with E-state index in [1.807, 2.05) is 6.20 Å². The first-order valence-corrected chi connectivity index (χ1v) is 8.86. The van der Waals surface area contributed by atoms with Crippen LogP contribution in [-0.4, -0.2) is 23.2 Å². The molecule has 1 aliphatic heterocycles.